The average molecular weight is 270 g/mol. The minimum Gasteiger partial charge on any atom is -0.392 e. The molecule has 0 heterocycles. The van der Waals surface area contributed by atoms with Crippen molar-refractivity contribution in [3.05, 3.63) is 0 Å². The van der Waals surface area contributed by atoms with Crippen LogP contribution in [-0.2, 0) is 4.79 Å². The lowest BCUT2D eigenvalue weighted by Gasteiger charge is -2.30. The zero-order chi connectivity index (χ0) is 13.6. The van der Waals surface area contributed by atoms with E-state index in [1.165, 1.54) is 12.8 Å². The quantitative estimate of drug-likeness (QED) is 0.596. The van der Waals surface area contributed by atoms with Crippen molar-refractivity contribution >= 4 is 23.1 Å². The van der Waals surface area contributed by atoms with Gasteiger partial charge in [-0.15, -0.1) is 0 Å². The van der Waals surface area contributed by atoms with E-state index in [0.29, 0.717) is 10.9 Å². The monoisotopic (exact) mass is 270 g/mol. The molecule has 1 aliphatic rings. The van der Waals surface area contributed by atoms with E-state index in [4.69, 9.17) is 18.0 Å². The molecular formula is C14H26N2OS. The molecule has 4 heteroatoms. The lowest BCUT2D eigenvalue weighted by atomic mass is 9.79. The number of nitrogens with two attached hydrogens (primary N) is 1. The number of thiocarbonyl (C=S) groups is 1. The van der Waals surface area contributed by atoms with Gasteiger partial charge in [-0.25, -0.2) is 0 Å². The Balaban J connectivity index is 2.65. The highest BCUT2D eigenvalue weighted by molar-refractivity contribution is 7.80. The molecule has 3 N–H and O–H groups in total. The van der Waals surface area contributed by atoms with E-state index in [9.17, 15) is 4.79 Å². The second-order valence-corrected chi connectivity index (χ2v) is 6.24. The van der Waals surface area contributed by atoms with E-state index >= 15 is 0 Å². The van der Waals surface area contributed by atoms with Gasteiger partial charge in [-0.2, -0.15) is 0 Å². The Bertz CT molecular complexity index is 294. The fourth-order valence-corrected chi connectivity index (χ4v) is 2.86. The van der Waals surface area contributed by atoms with Gasteiger partial charge in [-0.1, -0.05) is 51.7 Å². The van der Waals surface area contributed by atoms with E-state index in [1.807, 2.05) is 0 Å². The maximum Gasteiger partial charge on any atom is 0.233 e. The Kier molecular flexibility index (Phi) is 6.06. The molecule has 1 saturated carbocycles. The summed E-state index contributed by atoms with van der Waals surface area (Å²) >= 11 is 5.18. The lowest BCUT2D eigenvalue weighted by molar-refractivity contribution is -0.128. The summed E-state index contributed by atoms with van der Waals surface area (Å²) in [6, 6.07) is 0. The minimum atomic E-state index is -0.581. The molecule has 1 fully saturated rings. The van der Waals surface area contributed by atoms with Crippen LogP contribution < -0.4 is 11.1 Å². The molecule has 0 spiro atoms. The fourth-order valence-electron chi connectivity index (χ4n) is 2.56. The number of nitrogens with one attached hydrogen (secondary N) is 1. The third kappa shape index (κ3) is 3.94. The van der Waals surface area contributed by atoms with Crippen LogP contribution in [0, 0.1) is 11.3 Å². The molecule has 1 rings (SSSR count). The highest BCUT2D eigenvalue weighted by Crippen LogP contribution is 2.35. The third-order valence-electron chi connectivity index (χ3n) is 3.87. The van der Waals surface area contributed by atoms with E-state index in [1.54, 1.807) is 0 Å². The van der Waals surface area contributed by atoms with Gasteiger partial charge in [-0.05, 0) is 25.2 Å². The summed E-state index contributed by atoms with van der Waals surface area (Å²) in [4.78, 5) is 12.8. The van der Waals surface area contributed by atoms with Crippen molar-refractivity contribution < 1.29 is 4.79 Å². The summed E-state index contributed by atoms with van der Waals surface area (Å²) in [7, 11) is 0. The van der Waals surface area contributed by atoms with Crippen LogP contribution in [0.3, 0.4) is 0 Å². The highest BCUT2D eigenvalue weighted by Gasteiger charge is 2.41. The lowest BCUT2D eigenvalue weighted by Crippen LogP contribution is -2.49. The second-order valence-electron chi connectivity index (χ2n) is 5.80. The Hall–Kier alpha value is -0.640. The smallest absolute Gasteiger partial charge is 0.233 e. The zero-order valence-electron chi connectivity index (χ0n) is 11.6. The predicted molar refractivity (Wildman–Crippen MR) is 79.4 cm³/mol. The normalized spacial score (nSPS) is 19.3. The topological polar surface area (TPSA) is 55.1 Å². The molecule has 1 amide bonds. The van der Waals surface area contributed by atoms with Crippen LogP contribution in [0.25, 0.3) is 0 Å². The molecule has 0 unspecified atom stereocenters. The predicted octanol–water partition coefficient (Wildman–Crippen LogP) is 2.78. The van der Waals surface area contributed by atoms with Crippen LogP contribution in [0.1, 0.15) is 58.8 Å². The molecule has 0 bridgehead atoms. The van der Waals surface area contributed by atoms with Crippen LogP contribution in [0.5, 0.6) is 0 Å². The minimum absolute atomic E-state index is 0.0533. The van der Waals surface area contributed by atoms with Crippen molar-refractivity contribution in [2.24, 2.45) is 17.1 Å². The van der Waals surface area contributed by atoms with E-state index < -0.39 is 5.41 Å². The summed E-state index contributed by atoms with van der Waals surface area (Å²) in [5.74, 6) is 0.651. The van der Waals surface area contributed by atoms with Gasteiger partial charge < -0.3 is 11.1 Å². The molecule has 0 aromatic carbocycles. The van der Waals surface area contributed by atoms with E-state index in [0.717, 1.165) is 38.6 Å². The van der Waals surface area contributed by atoms with Gasteiger partial charge in [0.2, 0.25) is 5.91 Å². The standard InChI is InChI=1S/C14H26N2OS/c1-11(2)7-10-16-13(17)14(12(15)18)8-5-3-4-6-9-14/h11H,3-10H2,1-2H3,(H2,15,18)(H,16,17). The van der Waals surface area contributed by atoms with Crippen LogP contribution in [0.2, 0.25) is 0 Å². The summed E-state index contributed by atoms with van der Waals surface area (Å²) < 4.78 is 0. The largest absolute Gasteiger partial charge is 0.392 e. The van der Waals surface area contributed by atoms with Crippen LogP contribution >= 0.6 is 12.2 Å². The zero-order valence-corrected chi connectivity index (χ0v) is 12.4. The SMILES string of the molecule is CC(C)CCNC(=O)C1(C(N)=S)CCCCCC1. The van der Waals surface area contributed by atoms with Gasteiger partial charge >= 0.3 is 0 Å². The highest BCUT2D eigenvalue weighted by atomic mass is 32.1. The van der Waals surface area contributed by atoms with Crippen LogP contribution in [0.15, 0.2) is 0 Å². The molecule has 18 heavy (non-hydrogen) atoms. The van der Waals surface area contributed by atoms with Crippen molar-refractivity contribution in [2.45, 2.75) is 58.8 Å². The first-order valence-electron chi connectivity index (χ1n) is 7.07. The number of hydrogen-bond acceptors (Lipinski definition) is 2. The Morgan fingerprint density at radius 1 is 1.28 bits per heavy atom. The maximum absolute atomic E-state index is 12.4. The first kappa shape index (κ1) is 15.4. The number of amides is 1. The molecule has 0 aromatic rings. The molecule has 0 radical (unpaired) electrons. The Morgan fingerprint density at radius 3 is 2.28 bits per heavy atom. The van der Waals surface area contributed by atoms with Gasteiger partial charge in [-0.3, -0.25) is 4.79 Å². The van der Waals surface area contributed by atoms with Crippen molar-refractivity contribution in [3.8, 4) is 0 Å². The third-order valence-corrected chi connectivity index (χ3v) is 4.26. The molecule has 0 atom stereocenters. The van der Waals surface area contributed by atoms with Crippen molar-refractivity contribution in [2.75, 3.05) is 6.54 Å². The first-order valence-corrected chi connectivity index (χ1v) is 7.48. The Morgan fingerprint density at radius 2 is 1.83 bits per heavy atom. The van der Waals surface area contributed by atoms with Crippen molar-refractivity contribution in [1.29, 1.82) is 0 Å². The van der Waals surface area contributed by atoms with Crippen molar-refractivity contribution in [1.82, 2.24) is 5.32 Å². The van der Waals surface area contributed by atoms with Gasteiger partial charge in [0, 0.05) is 6.54 Å². The molecular weight excluding hydrogens is 244 g/mol. The van der Waals surface area contributed by atoms with Gasteiger partial charge in [0.05, 0.1) is 10.4 Å². The molecule has 3 nitrogen and oxygen atoms in total. The molecule has 1 aliphatic carbocycles. The van der Waals surface area contributed by atoms with E-state index in [2.05, 4.69) is 19.2 Å². The summed E-state index contributed by atoms with van der Waals surface area (Å²) in [5.41, 5.74) is 5.29. The number of carbonyl (C=O) groups is 1. The van der Waals surface area contributed by atoms with E-state index in [-0.39, 0.29) is 5.91 Å². The Labute approximate surface area is 116 Å². The molecule has 0 saturated heterocycles. The van der Waals surface area contributed by atoms with Crippen molar-refractivity contribution in [3.63, 3.8) is 0 Å². The average Bonchev–Trinajstić information content (AvgIpc) is 2.54. The number of hydrogen-bond donors (Lipinski definition) is 2. The van der Waals surface area contributed by atoms with Gasteiger partial charge in [0.1, 0.15) is 0 Å². The molecule has 0 aliphatic heterocycles. The second kappa shape index (κ2) is 7.07. The number of carbonyl (C=O) groups excluding carboxylic acids is 1. The fraction of sp³-hybridized carbons (Fsp3) is 0.857. The number of rotatable bonds is 5. The first-order chi connectivity index (χ1) is 8.49. The van der Waals surface area contributed by atoms with Crippen LogP contribution in [-0.4, -0.2) is 17.4 Å². The summed E-state index contributed by atoms with van der Waals surface area (Å²) in [5, 5.41) is 3.03. The molecule has 0 aromatic heterocycles. The molecule has 104 valence electrons. The van der Waals surface area contributed by atoms with Gasteiger partial charge in [0.25, 0.3) is 0 Å². The summed E-state index contributed by atoms with van der Waals surface area (Å²) in [6.45, 7) is 5.03. The van der Waals surface area contributed by atoms with Crippen LogP contribution in [0.4, 0.5) is 0 Å². The van der Waals surface area contributed by atoms with Gasteiger partial charge in [0.15, 0.2) is 0 Å². The maximum atomic E-state index is 12.4. The summed E-state index contributed by atoms with van der Waals surface area (Å²) in [6.07, 6.45) is 7.10.